The minimum atomic E-state index is -4.50. The third-order valence-corrected chi connectivity index (χ3v) is 5.93. The van der Waals surface area contributed by atoms with Crippen molar-refractivity contribution in [2.45, 2.75) is 13.1 Å². The molecular weight excluding hydrogens is 479 g/mol. The van der Waals surface area contributed by atoms with E-state index in [4.69, 9.17) is 10.7 Å². The molecule has 0 saturated heterocycles. The third-order valence-electron chi connectivity index (χ3n) is 5.93. The molecule has 2 heterocycles. The van der Waals surface area contributed by atoms with Gasteiger partial charge >= 0.3 is 6.18 Å². The number of anilines is 4. The summed E-state index contributed by atoms with van der Waals surface area (Å²) >= 11 is 0. The zero-order valence-corrected chi connectivity index (χ0v) is 19.6. The molecule has 186 valence electrons. The van der Waals surface area contributed by atoms with E-state index in [1.165, 1.54) is 12.1 Å². The number of H-pyrrole nitrogens is 1. The first-order chi connectivity index (χ1) is 17.7. The van der Waals surface area contributed by atoms with Crippen molar-refractivity contribution in [2.24, 2.45) is 0 Å². The quantitative estimate of drug-likeness (QED) is 0.193. The van der Waals surface area contributed by atoms with Crippen molar-refractivity contribution in [3.8, 4) is 11.3 Å². The maximum Gasteiger partial charge on any atom is 0.416 e. The number of nitrogens with zero attached hydrogens (tertiary/aromatic N) is 1. The van der Waals surface area contributed by atoms with Crippen LogP contribution in [0.1, 0.15) is 21.5 Å². The van der Waals surface area contributed by atoms with Gasteiger partial charge in [0, 0.05) is 39.8 Å². The monoisotopic (exact) mass is 501 g/mol. The Balaban J connectivity index is 1.46. The maximum atomic E-state index is 13.0. The van der Waals surface area contributed by atoms with Crippen molar-refractivity contribution in [1.82, 2.24) is 9.97 Å². The molecule has 5 aromatic rings. The minimum Gasteiger partial charge on any atom is -0.399 e. The summed E-state index contributed by atoms with van der Waals surface area (Å²) in [5.74, 6) is -0.524. The molecule has 5 N–H and O–H groups in total. The number of pyridine rings is 1. The fourth-order valence-corrected chi connectivity index (χ4v) is 4.01. The van der Waals surface area contributed by atoms with Crippen molar-refractivity contribution in [1.29, 1.82) is 0 Å². The molecule has 3 aromatic carbocycles. The van der Waals surface area contributed by atoms with Crippen LogP contribution in [-0.4, -0.2) is 15.9 Å². The molecule has 9 heteroatoms. The number of rotatable bonds is 5. The lowest BCUT2D eigenvalue weighted by Crippen LogP contribution is -2.13. The molecule has 0 saturated carbocycles. The second kappa shape index (κ2) is 9.34. The molecule has 0 aliphatic heterocycles. The number of aryl methyl sites for hydroxylation is 1. The highest BCUT2D eigenvalue weighted by Gasteiger charge is 2.30. The molecule has 0 radical (unpaired) electrons. The summed E-state index contributed by atoms with van der Waals surface area (Å²) in [4.78, 5) is 20.7. The summed E-state index contributed by atoms with van der Waals surface area (Å²) in [5.41, 5.74) is 10.6. The topological polar surface area (TPSA) is 95.8 Å². The molecule has 37 heavy (non-hydrogen) atoms. The van der Waals surface area contributed by atoms with Crippen LogP contribution in [0, 0.1) is 6.92 Å². The lowest BCUT2D eigenvalue weighted by molar-refractivity contribution is -0.137. The number of aromatic amines is 1. The molecule has 0 aliphatic rings. The first-order valence-electron chi connectivity index (χ1n) is 11.4. The Hall–Kier alpha value is -4.79. The number of aromatic nitrogens is 2. The molecule has 5 rings (SSSR count). The predicted molar refractivity (Wildman–Crippen MR) is 140 cm³/mol. The fraction of sp³-hybridized carbons (Fsp3) is 0.0714. The molecule has 0 atom stereocenters. The number of nitrogens with two attached hydrogens (primary N) is 1. The Morgan fingerprint density at radius 1 is 0.946 bits per heavy atom. The SMILES string of the molecule is Cc1ccc(C(=O)Nc2cccc(C(F)(F)F)c2)cc1Nc1cc(-c2cccc(N)c2)nc2[nH]ccc12. The average Bonchev–Trinajstić information content (AvgIpc) is 3.34. The van der Waals surface area contributed by atoms with Crippen molar-refractivity contribution in [3.05, 3.63) is 102 Å². The van der Waals surface area contributed by atoms with E-state index in [0.717, 1.165) is 34.3 Å². The van der Waals surface area contributed by atoms with Gasteiger partial charge in [0.15, 0.2) is 0 Å². The van der Waals surface area contributed by atoms with Crippen LogP contribution in [0.3, 0.4) is 0 Å². The van der Waals surface area contributed by atoms with E-state index in [1.807, 2.05) is 37.3 Å². The van der Waals surface area contributed by atoms with Crippen LogP contribution < -0.4 is 16.4 Å². The Morgan fingerprint density at radius 2 is 1.76 bits per heavy atom. The number of alkyl halides is 3. The molecule has 2 aromatic heterocycles. The van der Waals surface area contributed by atoms with Crippen molar-refractivity contribution in [3.63, 3.8) is 0 Å². The number of amides is 1. The van der Waals surface area contributed by atoms with Gasteiger partial charge in [0.05, 0.1) is 16.9 Å². The molecule has 0 aliphatic carbocycles. The molecule has 0 spiro atoms. The van der Waals surface area contributed by atoms with E-state index >= 15 is 0 Å². The number of halogens is 3. The second-order valence-corrected chi connectivity index (χ2v) is 8.61. The zero-order valence-electron chi connectivity index (χ0n) is 19.6. The smallest absolute Gasteiger partial charge is 0.399 e. The van der Waals surface area contributed by atoms with E-state index in [2.05, 4.69) is 15.6 Å². The first-order valence-corrected chi connectivity index (χ1v) is 11.4. The number of fused-ring (bicyclic) bond motifs is 1. The summed E-state index contributed by atoms with van der Waals surface area (Å²) in [5, 5.41) is 6.80. The number of hydrogen-bond acceptors (Lipinski definition) is 4. The Kier molecular flexibility index (Phi) is 6.04. The summed E-state index contributed by atoms with van der Waals surface area (Å²) in [6.07, 6.45) is -2.71. The highest BCUT2D eigenvalue weighted by molar-refractivity contribution is 6.05. The number of benzene rings is 3. The van der Waals surface area contributed by atoms with Crippen LogP contribution in [0.2, 0.25) is 0 Å². The molecule has 6 nitrogen and oxygen atoms in total. The predicted octanol–water partition coefficient (Wildman–Crippen LogP) is 7.14. The molecule has 1 amide bonds. The van der Waals surface area contributed by atoms with Gasteiger partial charge in [0.25, 0.3) is 5.91 Å². The van der Waals surface area contributed by atoms with Gasteiger partial charge < -0.3 is 21.4 Å². The highest BCUT2D eigenvalue weighted by atomic mass is 19.4. The van der Waals surface area contributed by atoms with Crippen LogP contribution in [0.15, 0.2) is 85.1 Å². The van der Waals surface area contributed by atoms with Crippen LogP contribution in [-0.2, 0) is 6.18 Å². The zero-order chi connectivity index (χ0) is 26.2. The molecule has 0 unspecified atom stereocenters. The van der Waals surface area contributed by atoms with Crippen molar-refractivity contribution in [2.75, 3.05) is 16.4 Å². The van der Waals surface area contributed by atoms with E-state index in [1.54, 1.807) is 30.5 Å². The van der Waals surface area contributed by atoms with Crippen LogP contribution in [0.4, 0.5) is 35.9 Å². The minimum absolute atomic E-state index is 0.0600. The van der Waals surface area contributed by atoms with Crippen molar-refractivity contribution < 1.29 is 18.0 Å². The summed E-state index contributed by atoms with van der Waals surface area (Å²) in [7, 11) is 0. The average molecular weight is 502 g/mol. The number of hydrogen-bond donors (Lipinski definition) is 4. The van der Waals surface area contributed by atoms with E-state index in [-0.39, 0.29) is 5.69 Å². The molecule has 0 bridgehead atoms. The fourth-order valence-electron chi connectivity index (χ4n) is 4.01. The lowest BCUT2D eigenvalue weighted by Gasteiger charge is -2.14. The number of nitrogen functional groups attached to an aromatic ring is 1. The van der Waals surface area contributed by atoms with Crippen molar-refractivity contribution >= 4 is 39.7 Å². The Morgan fingerprint density at radius 3 is 2.54 bits per heavy atom. The summed E-state index contributed by atoms with van der Waals surface area (Å²) in [6.45, 7) is 1.89. The Labute approximate surface area is 210 Å². The summed E-state index contributed by atoms with van der Waals surface area (Å²) in [6, 6.07) is 20.8. The largest absolute Gasteiger partial charge is 0.416 e. The molecule has 0 fully saturated rings. The first kappa shape index (κ1) is 23.9. The van der Waals surface area contributed by atoms with Crippen LogP contribution in [0.5, 0.6) is 0 Å². The standard InChI is InChI=1S/C28H22F3N5O/c1-16-8-9-18(27(37)34-21-7-3-5-19(14-21)28(29,30)31)13-23(16)35-25-15-24(17-4-2-6-20(32)12-17)36-26-22(25)10-11-33-26/h2-15H,32H2,1H3,(H,34,37)(H2,33,35,36). The number of nitrogens with one attached hydrogen (secondary N) is 3. The second-order valence-electron chi connectivity index (χ2n) is 8.61. The van der Waals surface area contributed by atoms with Gasteiger partial charge in [-0.05, 0) is 67.1 Å². The van der Waals surface area contributed by atoms with Gasteiger partial charge in [0.1, 0.15) is 5.65 Å². The molecular formula is C28H22F3N5O. The van der Waals surface area contributed by atoms with Crippen LogP contribution in [0.25, 0.3) is 22.3 Å². The summed E-state index contributed by atoms with van der Waals surface area (Å²) < 4.78 is 39.1. The van der Waals surface area contributed by atoms with Gasteiger partial charge in [-0.25, -0.2) is 4.98 Å². The normalized spacial score (nSPS) is 11.5. The van der Waals surface area contributed by atoms with Gasteiger partial charge in [-0.1, -0.05) is 24.3 Å². The van der Waals surface area contributed by atoms with E-state index in [0.29, 0.717) is 28.3 Å². The Bertz CT molecular complexity index is 1620. The number of carbonyl (C=O) groups is 1. The van der Waals surface area contributed by atoms with Gasteiger partial charge in [-0.3, -0.25) is 4.79 Å². The lowest BCUT2D eigenvalue weighted by atomic mass is 10.1. The van der Waals surface area contributed by atoms with Crippen LogP contribution >= 0.6 is 0 Å². The van der Waals surface area contributed by atoms with Gasteiger partial charge in [0.2, 0.25) is 0 Å². The van der Waals surface area contributed by atoms with Gasteiger partial charge in [-0.2, -0.15) is 13.2 Å². The third kappa shape index (κ3) is 5.11. The maximum absolute atomic E-state index is 13.0. The highest BCUT2D eigenvalue weighted by Crippen LogP contribution is 2.33. The number of carbonyl (C=O) groups excluding carboxylic acids is 1. The van der Waals surface area contributed by atoms with Gasteiger partial charge in [-0.15, -0.1) is 0 Å². The van der Waals surface area contributed by atoms with E-state index in [9.17, 15) is 18.0 Å². The van der Waals surface area contributed by atoms with E-state index < -0.39 is 17.6 Å².